The molecule has 1 aromatic carbocycles. The monoisotopic (exact) mass is 396 g/mol. The summed E-state index contributed by atoms with van der Waals surface area (Å²) in [5.74, 6) is 2.11. The van der Waals surface area contributed by atoms with Crippen LogP contribution in [-0.4, -0.2) is 43.0 Å². The van der Waals surface area contributed by atoms with Crippen LogP contribution in [0.5, 0.6) is 0 Å². The average Bonchev–Trinajstić information content (AvgIpc) is 2.62. The fraction of sp³-hybridized carbons (Fsp3) is 0.333. The third kappa shape index (κ3) is 7.23. The van der Waals surface area contributed by atoms with Gasteiger partial charge in [-0.15, -0.1) is 11.8 Å². The zero-order chi connectivity index (χ0) is 17.9. The van der Waals surface area contributed by atoms with Gasteiger partial charge in [0.05, 0.1) is 13.2 Å². The topological polar surface area (TPSA) is 48.7 Å². The molecule has 134 valence electrons. The molecule has 25 heavy (non-hydrogen) atoms. The predicted octanol–water partition coefficient (Wildman–Crippen LogP) is 4.73. The van der Waals surface area contributed by atoms with Gasteiger partial charge < -0.3 is 13.9 Å². The lowest BCUT2D eigenvalue weighted by Gasteiger charge is -2.07. The quantitative estimate of drug-likeness (QED) is 0.179. The Morgan fingerprint density at radius 1 is 1.20 bits per heavy atom. The first-order valence-electron chi connectivity index (χ1n) is 7.81. The van der Waals surface area contributed by atoms with E-state index in [1.807, 2.05) is 30.3 Å². The molecule has 1 aromatic heterocycles. The minimum absolute atomic E-state index is 0.377. The number of ether oxygens (including phenoxy) is 2. The first-order valence-corrected chi connectivity index (χ1v) is 10.4. The van der Waals surface area contributed by atoms with Gasteiger partial charge in [-0.25, -0.2) is 4.79 Å². The summed E-state index contributed by atoms with van der Waals surface area (Å²) >= 11 is 8.58. The van der Waals surface area contributed by atoms with Crippen LogP contribution in [0.4, 0.5) is 0 Å². The van der Waals surface area contributed by atoms with Crippen LogP contribution >= 0.6 is 35.7 Å². The van der Waals surface area contributed by atoms with Crippen LogP contribution in [0.1, 0.15) is 0 Å². The highest BCUT2D eigenvalue weighted by atomic mass is 32.2. The third-order valence-electron chi connectivity index (χ3n) is 3.11. The van der Waals surface area contributed by atoms with Gasteiger partial charge in [-0.3, -0.25) is 0 Å². The van der Waals surface area contributed by atoms with Crippen LogP contribution < -0.4 is 0 Å². The summed E-state index contributed by atoms with van der Waals surface area (Å²) in [4.78, 5) is 12.0. The van der Waals surface area contributed by atoms with Gasteiger partial charge in [0, 0.05) is 39.7 Å². The number of thioether (sulfide) groups is 2. The van der Waals surface area contributed by atoms with E-state index in [9.17, 15) is 4.79 Å². The molecule has 2 aromatic rings. The van der Waals surface area contributed by atoms with Gasteiger partial charge in [0.25, 0.3) is 0 Å². The molecule has 0 fully saturated rings. The smallest absolute Gasteiger partial charge is 0.330 e. The first kappa shape index (κ1) is 20.0. The number of hydrogen-bond donors (Lipinski definition) is 0. The summed E-state index contributed by atoms with van der Waals surface area (Å²) in [5.41, 5.74) is 0.812. The highest BCUT2D eigenvalue weighted by molar-refractivity contribution is 7.99. The number of para-hydroxylation sites is 1. The van der Waals surface area contributed by atoms with Crippen molar-refractivity contribution < 1.29 is 18.7 Å². The van der Waals surface area contributed by atoms with Crippen molar-refractivity contribution in [1.82, 2.24) is 0 Å². The largest absolute Gasteiger partial charge is 0.462 e. The first-order chi connectivity index (χ1) is 12.2. The number of fused-ring (bicyclic) bond motifs is 1. The molecule has 0 aliphatic heterocycles. The Morgan fingerprint density at radius 2 is 1.96 bits per heavy atom. The molecule has 0 N–H and O–H groups in total. The minimum Gasteiger partial charge on any atom is -0.462 e. The SMILES string of the molecule is C=CC(=O)OCCSCCOCCSc1cc(=S)oc2ccccc12. The van der Waals surface area contributed by atoms with Crippen molar-refractivity contribution in [3.05, 3.63) is 47.7 Å². The molecule has 2 rings (SSSR count). The van der Waals surface area contributed by atoms with Crippen molar-refractivity contribution in [3.8, 4) is 0 Å². The Morgan fingerprint density at radius 3 is 2.80 bits per heavy atom. The van der Waals surface area contributed by atoms with Gasteiger partial charge in [0.15, 0.2) is 4.71 Å². The summed E-state index contributed by atoms with van der Waals surface area (Å²) in [6, 6.07) is 9.78. The number of benzene rings is 1. The Labute approximate surface area is 161 Å². The second-order valence-corrected chi connectivity index (χ2v) is 7.63. The van der Waals surface area contributed by atoms with Crippen molar-refractivity contribution in [1.29, 1.82) is 0 Å². The third-order valence-corrected chi connectivity index (χ3v) is 5.24. The van der Waals surface area contributed by atoms with E-state index in [2.05, 4.69) is 6.58 Å². The maximum atomic E-state index is 10.8. The highest BCUT2D eigenvalue weighted by Gasteiger charge is 2.04. The molecule has 0 bridgehead atoms. The average molecular weight is 397 g/mol. The summed E-state index contributed by atoms with van der Waals surface area (Å²) in [5, 5.41) is 1.07. The number of esters is 1. The van der Waals surface area contributed by atoms with Gasteiger partial charge in [-0.1, -0.05) is 24.8 Å². The number of carbonyl (C=O) groups is 1. The molecule has 0 radical (unpaired) electrons. The van der Waals surface area contributed by atoms with Crippen molar-refractivity contribution in [2.24, 2.45) is 0 Å². The van der Waals surface area contributed by atoms with Crippen molar-refractivity contribution >= 4 is 52.7 Å². The number of carbonyl (C=O) groups excluding carboxylic acids is 1. The lowest BCUT2D eigenvalue weighted by atomic mass is 10.2. The Balaban J connectivity index is 1.60. The Bertz CT molecular complexity index is 757. The van der Waals surface area contributed by atoms with Gasteiger partial charge >= 0.3 is 5.97 Å². The lowest BCUT2D eigenvalue weighted by molar-refractivity contribution is -0.137. The molecular formula is C18H20O4S3. The Kier molecular flexibility index (Phi) is 9.10. The van der Waals surface area contributed by atoms with Gasteiger partial charge in [0.1, 0.15) is 12.2 Å². The van der Waals surface area contributed by atoms with Gasteiger partial charge in [-0.05, 0) is 18.3 Å². The molecule has 0 unspecified atom stereocenters. The van der Waals surface area contributed by atoms with Crippen LogP contribution in [-0.2, 0) is 14.3 Å². The molecular weight excluding hydrogens is 376 g/mol. The molecule has 0 aliphatic rings. The molecule has 0 atom stereocenters. The zero-order valence-corrected chi connectivity index (χ0v) is 16.2. The van der Waals surface area contributed by atoms with E-state index < -0.39 is 0 Å². The van der Waals surface area contributed by atoms with E-state index in [-0.39, 0.29) is 5.97 Å². The zero-order valence-electron chi connectivity index (χ0n) is 13.8. The summed E-state index contributed by atoms with van der Waals surface area (Å²) in [6.45, 7) is 5.10. The van der Waals surface area contributed by atoms with E-state index in [1.165, 1.54) is 6.08 Å². The number of hydrogen-bond acceptors (Lipinski definition) is 7. The predicted molar refractivity (Wildman–Crippen MR) is 107 cm³/mol. The number of rotatable bonds is 11. The van der Waals surface area contributed by atoms with E-state index in [0.717, 1.165) is 33.1 Å². The van der Waals surface area contributed by atoms with Crippen LogP contribution in [0.25, 0.3) is 11.0 Å². The minimum atomic E-state index is -0.377. The Hall–Kier alpha value is -1.28. The van der Waals surface area contributed by atoms with Crippen molar-refractivity contribution in [2.45, 2.75) is 4.90 Å². The summed E-state index contributed by atoms with van der Waals surface area (Å²) in [7, 11) is 0. The van der Waals surface area contributed by atoms with E-state index in [1.54, 1.807) is 23.5 Å². The lowest BCUT2D eigenvalue weighted by Crippen LogP contribution is -2.06. The van der Waals surface area contributed by atoms with Crippen molar-refractivity contribution in [3.63, 3.8) is 0 Å². The molecule has 0 spiro atoms. The molecule has 1 heterocycles. The molecule has 0 aliphatic carbocycles. The van der Waals surface area contributed by atoms with E-state index in [0.29, 0.717) is 24.5 Å². The maximum absolute atomic E-state index is 10.8. The maximum Gasteiger partial charge on any atom is 0.330 e. The van der Waals surface area contributed by atoms with Crippen molar-refractivity contribution in [2.75, 3.05) is 37.1 Å². The van der Waals surface area contributed by atoms with Gasteiger partial charge in [0.2, 0.25) is 0 Å². The van der Waals surface area contributed by atoms with Crippen LogP contribution in [0, 0.1) is 4.71 Å². The molecule has 0 amide bonds. The summed E-state index contributed by atoms with van der Waals surface area (Å²) in [6.07, 6.45) is 1.17. The van der Waals surface area contributed by atoms with Crippen LogP contribution in [0.15, 0.2) is 52.3 Å². The fourth-order valence-electron chi connectivity index (χ4n) is 1.99. The standard InChI is InChI=1S/C18H20O4S3/c1-2-17(19)21-9-11-24-10-7-20-8-12-25-16-13-18(23)22-15-6-4-3-5-14(15)16/h2-6,13H,1,7-12H2. The fourth-order valence-corrected chi connectivity index (χ4v) is 3.85. The van der Waals surface area contributed by atoms with E-state index in [4.69, 9.17) is 26.1 Å². The molecule has 0 saturated carbocycles. The van der Waals surface area contributed by atoms with Crippen LogP contribution in [0.3, 0.4) is 0 Å². The molecule has 0 saturated heterocycles. The molecule has 4 nitrogen and oxygen atoms in total. The second kappa shape index (κ2) is 11.4. The highest BCUT2D eigenvalue weighted by Crippen LogP contribution is 2.28. The van der Waals surface area contributed by atoms with Crippen LogP contribution in [0.2, 0.25) is 0 Å². The second-order valence-electron chi connectivity index (χ2n) is 4.87. The molecule has 7 heteroatoms. The van der Waals surface area contributed by atoms with Gasteiger partial charge in [-0.2, -0.15) is 11.8 Å². The summed E-state index contributed by atoms with van der Waals surface area (Å²) < 4.78 is 16.6. The normalized spacial score (nSPS) is 10.7. The van der Waals surface area contributed by atoms with E-state index >= 15 is 0 Å².